The number of hydrogen-bond acceptors (Lipinski definition) is 8. The molecule has 0 radical (unpaired) electrons. The molecule has 5 rings (SSSR count). The normalized spacial score (nSPS) is 14.8. The maximum absolute atomic E-state index is 12.6. The summed E-state index contributed by atoms with van der Waals surface area (Å²) in [7, 11) is -4.93. The summed E-state index contributed by atoms with van der Waals surface area (Å²) in [6, 6.07) is 33.0. The number of anilines is 1. The SMILES string of the molecule is CCN(Cc1ccccc1)c1ccc(C(=C2C=CC([NH+](CC)Cc3ccccc3)C=C2)c2ccc(SOO[O-])cc2S(=O)(=O)[O-])cc1.[Na+]. The van der Waals surface area contributed by atoms with Crippen molar-refractivity contribution in [2.24, 2.45) is 0 Å². The minimum atomic E-state index is -4.93. The quantitative estimate of drug-likeness (QED) is 0.0706. The van der Waals surface area contributed by atoms with E-state index in [-0.39, 0.29) is 46.1 Å². The van der Waals surface area contributed by atoms with Gasteiger partial charge in [0.2, 0.25) is 0 Å². The number of hydrogen-bond donors (Lipinski definition) is 1. The zero-order valence-corrected chi connectivity index (χ0v) is 30.9. The van der Waals surface area contributed by atoms with Crippen LogP contribution in [-0.4, -0.2) is 32.1 Å². The van der Waals surface area contributed by atoms with Crippen LogP contribution in [0.25, 0.3) is 5.57 Å². The first-order chi connectivity index (χ1) is 22.8. The van der Waals surface area contributed by atoms with Gasteiger partial charge in [0.05, 0.1) is 23.5 Å². The Labute approximate surface area is 309 Å². The van der Waals surface area contributed by atoms with Crippen LogP contribution < -0.4 is 44.6 Å². The third-order valence-corrected chi connectivity index (χ3v) is 9.67. The Bertz CT molecular complexity index is 1820. The van der Waals surface area contributed by atoms with Crippen molar-refractivity contribution in [2.75, 3.05) is 18.0 Å². The fraction of sp³-hybridized carbons (Fsp3) is 0.189. The van der Waals surface area contributed by atoms with Gasteiger partial charge in [-0.05, 0) is 72.5 Å². The van der Waals surface area contributed by atoms with Crippen molar-refractivity contribution >= 4 is 33.4 Å². The van der Waals surface area contributed by atoms with Crippen LogP contribution in [0.4, 0.5) is 5.69 Å². The van der Waals surface area contributed by atoms with Crippen LogP contribution >= 0.6 is 12.0 Å². The first-order valence-corrected chi connectivity index (χ1v) is 17.6. The largest absolute Gasteiger partial charge is 1.00 e. The monoisotopic (exact) mass is 692 g/mol. The summed E-state index contributed by atoms with van der Waals surface area (Å²) < 4.78 is 42.3. The number of likely N-dealkylation sites (N-methyl/N-ethyl adjacent to an activating group) is 1. The summed E-state index contributed by atoms with van der Waals surface area (Å²) in [4.78, 5) is 3.42. The molecule has 8 nitrogen and oxygen atoms in total. The second-order valence-electron chi connectivity index (χ2n) is 11.1. The molecular weight excluding hydrogens is 656 g/mol. The van der Waals surface area contributed by atoms with Crippen LogP contribution in [-0.2, 0) is 32.6 Å². The predicted octanol–water partition coefficient (Wildman–Crippen LogP) is 2.25. The molecule has 0 saturated heterocycles. The van der Waals surface area contributed by atoms with Crippen molar-refractivity contribution in [3.8, 4) is 0 Å². The Morgan fingerprint density at radius 2 is 1.50 bits per heavy atom. The maximum Gasteiger partial charge on any atom is 1.00 e. The van der Waals surface area contributed by atoms with Crippen molar-refractivity contribution in [1.82, 2.24) is 0 Å². The Balaban J connectivity index is 0.00000520. The van der Waals surface area contributed by atoms with Crippen molar-refractivity contribution in [3.63, 3.8) is 0 Å². The minimum Gasteiger partial charge on any atom is -0.744 e. The van der Waals surface area contributed by atoms with Gasteiger partial charge in [0.15, 0.2) is 0 Å². The molecule has 1 aliphatic rings. The first-order valence-electron chi connectivity index (χ1n) is 15.4. The summed E-state index contributed by atoms with van der Waals surface area (Å²) in [5.74, 6) is 0. The van der Waals surface area contributed by atoms with Crippen LogP contribution in [0.3, 0.4) is 0 Å². The van der Waals surface area contributed by atoms with Crippen LogP contribution in [0, 0.1) is 0 Å². The Kier molecular flexibility index (Phi) is 14.3. The van der Waals surface area contributed by atoms with Crippen molar-refractivity contribution in [1.29, 1.82) is 0 Å². The topological polar surface area (TPSA) is 106 Å². The van der Waals surface area contributed by atoms with E-state index >= 15 is 0 Å². The molecule has 0 saturated carbocycles. The van der Waals surface area contributed by atoms with Crippen LogP contribution in [0.2, 0.25) is 0 Å². The molecule has 0 spiro atoms. The fourth-order valence-corrected chi connectivity index (χ4v) is 7.02. The number of benzene rings is 4. The van der Waals surface area contributed by atoms with Gasteiger partial charge >= 0.3 is 29.6 Å². The minimum absolute atomic E-state index is 0. The molecule has 11 heteroatoms. The Hall–Kier alpha value is -3.00. The number of quaternary nitrogens is 1. The molecule has 4 aromatic rings. The van der Waals surface area contributed by atoms with Crippen LogP contribution in [0.1, 0.15) is 36.1 Å². The molecule has 4 aromatic carbocycles. The van der Waals surface area contributed by atoms with E-state index in [1.54, 1.807) is 12.1 Å². The standard InChI is InChI=1S/C37H38N2O6S2.Na/c1-3-38(26-28-11-7-5-8-12-28)32-19-15-30(16-20-32)37(35-24-23-34(46-45-44-40)25-36(35)47(41,42)43)31-17-21-33(22-18-31)39(4-2)27-29-13-9-6-10-14-29;/h5-25,32,40H,3-4,26-27H2,1-2H3,(H,41,42,43);/q;+1/p-1. The van der Waals surface area contributed by atoms with Gasteiger partial charge in [-0.3, -0.25) is 5.04 Å². The van der Waals surface area contributed by atoms with Gasteiger partial charge in [-0.15, -0.1) is 0 Å². The van der Waals surface area contributed by atoms with E-state index in [1.165, 1.54) is 22.1 Å². The maximum atomic E-state index is 12.6. The van der Waals surface area contributed by atoms with Gasteiger partial charge in [0.1, 0.15) is 22.7 Å². The summed E-state index contributed by atoms with van der Waals surface area (Å²) in [5.41, 5.74) is 5.83. The number of nitrogens with zero attached hydrogens (tertiary/aromatic N) is 1. The second kappa shape index (κ2) is 18.1. The van der Waals surface area contributed by atoms with Crippen molar-refractivity contribution in [3.05, 3.63) is 155 Å². The van der Waals surface area contributed by atoms with Gasteiger partial charge in [-0.2, -0.15) is 4.33 Å². The van der Waals surface area contributed by atoms with E-state index in [4.69, 9.17) is 0 Å². The molecule has 1 unspecified atom stereocenters. The molecule has 0 aromatic heterocycles. The fourth-order valence-electron chi connectivity index (χ4n) is 5.84. The zero-order chi connectivity index (χ0) is 33.2. The molecule has 0 amide bonds. The molecule has 0 aliphatic heterocycles. The second-order valence-corrected chi connectivity index (χ2v) is 13.2. The molecular formula is C37H37N2NaO6S2. The average Bonchev–Trinajstić information content (AvgIpc) is 3.10. The molecule has 48 heavy (non-hydrogen) atoms. The van der Waals surface area contributed by atoms with Gasteiger partial charge in [0.25, 0.3) is 0 Å². The number of allylic oxidation sites excluding steroid dienone is 3. The summed E-state index contributed by atoms with van der Waals surface area (Å²) in [6.07, 6.45) is 8.25. The van der Waals surface area contributed by atoms with Gasteiger partial charge in [-0.25, -0.2) is 8.42 Å². The van der Waals surface area contributed by atoms with Crippen LogP contribution in [0.5, 0.6) is 0 Å². The number of rotatable bonds is 14. The molecule has 1 N–H and O–H groups in total. The average molecular weight is 693 g/mol. The van der Waals surface area contributed by atoms with E-state index in [9.17, 15) is 18.2 Å². The molecule has 1 atom stereocenters. The van der Waals surface area contributed by atoms with Crippen molar-refractivity contribution < 1.29 is 62.1 Å². The predicted molar refractivity (Wildman–Crippen MR) is 182 cm³/mol. The summed E-state index contributed by atoms with van der Waals surface area (Å²) >= 11 is 0.527. The van der Waals surface area contributed by atoms with Crippen molar-refractivity contribution in [2.45, 2.75) is 42.8 Å². The Morgan fingerprint density at radius 3 is 2.06 bits per heavy atom. The Morgan fingerprint density at radius 1 is 0.875 bits per heavy atom. The summed E-state index contributed by atoms with van der Waals surface area (Å²) in [5, 5.41) is 13.8. The molecule has 0 bridgehead atoms. The first kappa shape index (κ1) is 37.8. The van der Waals surface area contributed by atoms with E-state index in [2.05, 4.69) is 64.5 Å². The van der Waals surface area contributed by atoms with E-state index in [0.29, 0.717) is 17.6 Å². The zero-order valence-electron chi connectivity index (χ0n) is 27.2. The van der Waals surface area contributed by atoms with Gasteiger partial charge < -0.3 is 19.6 Å². The number of nitrogens with one attached hydrogen (secondary N) is 1. The smallest absolute Gasteiger partial charge is 0.744 e. The van der Waals surface area contributed by atoms with Crippen LogP contribution in [0.15, 0.2) is 143 Å². The third-order valence-electron chi connectivity index (χ3n) is 8.22. The van der Waals surface area contributed by atoms with Gasteiger partial charge in [0, 0.05) is 34.8 Å². The molecule has 0 fully saturated rings. The molecule has 1 aliphatic carbocycles. The van der Waals surface area contributed by atoms with Gasteiger partial charge in [-0.1, -0.05) is 91.0 Å². The van der Waals surface area contributed by atoms with E-state index < -0.39 is 15.0 Å². The molecule has 244 valence electrons. The van der Waals surface area contributed by atoms with E-state index in [1.807, 2.05) is 72.8 Å². The molecule has 0 heterocycles. The third kappa shape index (κ3) is 9.79. The summed E-state index contributed by atoms with van der Waals surface area (Å²) in [6.45, 7) is 7.55. The van der Waals surface area contributed by atoms with E-state index in [0.717, 1.165) is 43.0 Å².